The lowest BCUT2D eigenvalue weighted by Gasteiger charge is -2.33. The maximum atomic E-state index is 11.7. The average molecular weight is 284 g/mol. The summed E-state index contributed by atoms with van der Waals surface area (Å²) < 4.78 is 28.7. The van der Waals surface area contributed by atoms with E-state index in [9.17, 15) is 8.42 Å². The molecule has 1 heterocycles. The Hall–Kier alpha value is -1.27. The van der Waals surface area contributed by atoms with Gasteiger partial charge in [0, 0.05) is 32.6 Å². The van der Waals surface area contributed by atoms with Crippen LogP contribution in [0.5, 0.6) is 0 Å². The number of ether oxygens (including phenoxy) is 1. The molecule has 0 radical (unpaired) electrons. The number of hydrogen-bond donors (Lipinski definition) is 1. The van der Waals surface area contributed by atoms with Gasteiger partial charge in [-0.2, -0.15) is 0 Å². The smallest absolute Gasteiger partial charge is 0.177 e. The molecule has 1 aromatic carbocycles. The van der Waals surface area contributed by atoms with E-state index < -0.39 is 9.84 Å². The van der Waals surface area contributed by atoms with Crippen LogP contribution in [0.15, 0.2) is 23.1 Å². The summed E-state index contributed by atoms with van der Waals surface area (Å²) in [5.41, 5.74) is 7.13. The third-order valence-electron chi connectivity index (χ3n) is 3.56. The first kappa shape index (κ1) is 14.1. The van der Waals surface area contributed by atoms with Gasteiger partial charge in [0.15, 0.2) is 9.84 Å². The second-order valence-corrected chi connectivity index (χ2v) is 6.90. The number of nitrogens with zero attached hydrogens (tertiary/aromatic N) is 1. The summed E-state index contributed by atoms with van der Waals surface area (Å²) in [5.74, 6) is 0. The Bertz CT molecular complexity index is 551. The normalized spacial score (nSPS) is 17.4. The second kappa shape index (κ2) is 5.38. The minimum absolute atomic E-state index is 0.198. The number of sulfone groups is 1. The highest BCUT2D eigenvalue weighted by Gasteiger charge is 2.22. The molecule has 0 spiro atoms. The van der Waals surface area contributed by atoms with Crippen LogP contribution in [0.25, 0.3) is 0 Å². The van der Waals surface area contributed by atoms with E-state index in [0.29, 0.717) is 11.7 Å². The summed E-state index contributed by atoms with van der Waals surface area (Å²) in [6.07, 6.45) is 3.04. The molecule has 1 fully saturated rings. The number of nitrogen functional groups attached to an aromatic ring is 1. The van der Waals surface area contributed by atoms with Gasteiger partial charge in [-0.15, -0.1) is 0 Å². The van der Waals surface area contributed by atoms with Crippen molar-refractivity contribution in [3.8, 4) is 0 Å². The number of anilines is 2. The number of nitrogens with two attached hydrogens (primary N) is 1. The molecule has 6 heteroatoms. The zero-order valence-corrected chi connectivity index (χ0v) is 12.1. The van der Waals surface area contributed by atoms with Gasteiger partial charge in [-0.1, -0.05) is 6.07 Å². The van der Waals surface area contributed by atoms with Crippen molar-refractivity contribution in [1.82, 2.24) is 0 Å². The van der Waals surface area contributed by atoms with Gasteiger partial charge in [-0.05, 0) is 25.0 Å². The third kappa shape index (κ3) is 3.01. The molecule has 1 aliphatic heterocycles. The molecule has 0 aromatic heterocycles. The molecule has 2 rings (SSSR count). The Labute approximate surface area is 114 Å². The van der Waals surface area contributed by atoms with E-state index in [2.05, 4.69) is 4.90 Å². The zero-order chi connectivity index (χ0) is 14.0. The van der Waals surface area contributed by atoms with E-state index in [0.717, 1.165) is 31.7 Å². The van der Waals surface area contributed by atoms with Crippen LogP contribution >= 0.6 is 0 Å². The van der Waals surface area contributed by atoms with Crippen molar-refractivity contribution < 1.29 is 13.2 Å². The monoisotopic (exact) mass is 284 g/mol. The van der Waals surface area contributed by atoms with Crippen molar-refractivity contribution >= 4 is 21.2 Å². The van der Waals surface area contributed by atoms with Crippen LogP contribution in [0.1, 0.15) is 12.8 Å². The molecular weight excluding hydrogens is 264 g/mol. The molecule has 0 atom stereocenters. The molecule has 1 saturated heterocycles. The first-order valence-corrected chi connectivity index (χ1v) is 8.19. The van der Waals surface area contributed by atoms with E-state index in [-0.39, 0.29) is 4.90 Å². The molecular formula is C13H20N2O3S. The maximum absolute atomic E-state index is 11.7. The predicted octanol–water partition coefficient (Wildman–Crippen LogP) is 1.29. The molecule has 5 nitrogen and oxygen atoms in total. The largest absolute Gasteiger partial charge is 0.396 e. The zero-order valence-electron chi connectivity index (χ0n) is 11.3. The van der Waals surface area contributed by atoms with Gasteiger partial charge in [0.2, 0.25) is 0 Å². The number of hydrogen-bond acceptors (Lipinski definition) is 5. The molecule has 0 bridgehead atoms. The average Bonchev–Trinajstić information content (AvgIpc) is 2.38. The van der Waals surface area contributed by atoms with Gasteiger partial charge < -0.3 is 15.4 Å². The number of rotatable bonds is 3. The van der Waals surface area contributed by atoms with Crippen molar-refractivity contribution in [3.05, 3.63) is 18.2 Å². The summed E-state index contributed by atoms with van der Waals surface area (Å²) in [6, 6.07) is 5.48. The summed E-state index contributed by atoms with van der Waals surface area (Å²) in [6.45, 7) is 1.47. The lowest BCUT2D eigenvalue weighted by molar-refractivity contribution is 0.0855. The van der Waals surface area contributed by atoms with Gasteiger partial charge in [0.25, 0.3) is 0 Å². The fourth-order valence-corrected chi connectivity index (χ4v) is 3.26. The Kier molecular flexibility index (Phi) is 4.01. The number of para-hydroxylation sites is 1. The molecule has 19 heavy (non-hydrogen) atoms. The van der Waals surface area contributed by atoms with E-state index in [1.807, 2.05) is 13.1 Å². The number of benzene rings is 1. The lowest BCUT2D eigenvalue weighted by atomic mass is 10.1. The first-order chi connectivity index (χ1) is 8.91. The Balaban J connectivity index is 2.34. The van der Waals surface area contributed by atoms with Crippen LogP contribution < -0.4 is 10.6 Å². The Morgan fingerprint density at radius 2 is 1.95 bits per heavy atom. The molecule has 0 saturated carbocycles. The summed E-state index contributed by atoms with van der Waals surface area (Å²) in [5, 5.41) is 0. The highest BCUT2D eigenvalue weighted by molar-refractivity contribution is 7.90. The van der Waals surface area contributed by atoms with Crippen molar-refractivity contribution in [3.63, 3.8) is 0 Å². The van der Waals surface area contributed by atoms with Gasteiger partial charge in [-0.25, -0.2) is 8.42 Å². The topological polar surface area (TPSA) is 72.6 Å². The summed E-state index contributed by atoms with van der Waals surface area (Å²) >= 11 is 0. The minimum atomic E-state index is -3.30. The third-order valence-corrected chi connectivity index (χ3v) is 4.72. The van der Waals surface area contributed by atoms with E-state index in [4.69, 9.17) is 10.5 Å². The van der Waals surface area contributed by atoms with Crippen LogP contribution in [-0.4, -0.2) is 41.0 Å². The molecule has 0 aliphatic carbocycles. The summed E-state index contributed by atoms with van der Waals surface area (Å²) in [7, 11) is -1.34. The van der Waals surface area contributed by atoms with Crippen molar-refractivity contribution in [2.24, 2.45) is 0 Å². The van der Waals surface area contributed by atoms with Crippen LogP contribution in [0.2, 0.25) is 0 Å². The predicted molar refractivity (Wildman–Crippen MR) is 76.2 cm³/mol. The van der Waals surface area contributed by atoms with Gasteiger partial charge in [-0.3, -0.25) is 0 Å². The highest BCUT2D eigenvalue weighted by atomic mass is 32.2. The molecule has 0 amide bonds. The second-order valence-electron chi connectivity index (χ2n) is 4.92. The quantitative estimate of drug-likeness (QED) is 0.847. The molecule has 2 N–H and O–H groups in total. The fourth-order valence-electron chi connectivity index (χ4n) is 2.43. The Morgan fingerprint density at radius 3 is 2.53 bits per heavy atom. The fraction of sp³-hybridized carbons (Fsp3) is 0.538. The molecule has 1 aliphatic rings. The van der Waals surface area contributed by atoms with Crippen LogP contribution in [0, 0.1) is 0 Å². The van der Waals surface area contributed by atoms with Crippen LogP contribution in [0.4, 0.5) is 11.4 Å². The standard InChI is InChI=1S/C13H20N2O3S/c1-15(10-6-8-18-9-7-10)11-4-3-5-12(13(11)14)19(2,16)17/h3-5,10H,6-9,14H2,1-2H3. The highest BCUT2D eigenvalue weighted by Crippen LogP contribution is 2.31. The maximum Gasteiger partial charge on any atom is 0.177 e. The van der Waals surface area contributed by atoms with E-state index in [1.54, 1.807) is 12.1 Å². The van der Waals surface area contributed by atoms with Crippen LogP contribution in [0.3, 0.4) is 0 Å². The summed E-state index contributed by atoms with van der Waals surface area (Å²) in [4.78, 5) is 2.26. The Morgan fingerprint density at radius 1 is 1.32 bits per heavy atom. The SMILES string of the molecule is CN(c1cccc(S(C)(=O)=O)c1N)C1CCOCC1. The van der Waals surface area contributed by atoms with Gasteiger partial charge >= 0.3 is 0 Å². The lowest BCUT2D eigenvalue weighted by Crippen LogP contribution is -2.37. The molecule has 0 unspecified atom stereocenters. The van der Waals surface area contributed by atoms with Crippen LogP contribution in [-0.2, 0) is 14.6 Å². The van der Waals surface area contributed by atoms with E-state index >= 15 is 0 Å². The first-order valence-electron chi connectivity index (χ1n) is 6.30. The van der Waals surface area contributed by atoms with Crippen molar-refractivity contribution in [1.29, 1.82) is 0 Å². The van der Waals surface area contributed by atoms with Gasteiger partial charge in [0.1, 0.15) is 0 Å². The van der Waals surface area contributed by atoms with Crippen molar-refractivity contribution in [2.75, 3.05) is 37.2 Å². The minimum Gasteiger partial charge on any atom is -0.396 e. The van der Waals surface area contributed by atoms with Gasteiger partial charge in [0.05, 0.1) is 16.3 Å². The molecule has 1 aromatic rings. The van der Waals surface area contributed by atoms with Crippen molar-refractivity contribution in [2.45, 2.75) is 23.8 Å². The molecule has 106 valence electrons. The van der Waals surface area contributed by atoms with E-state index in [1.165, 1.54) is 6.26 Å².